The molecule has 1 saturated heterocycles. The van der Waals surface area contributed by atoms with Gasteiger partial charge in [-0.05, 0) is 50.8 Å². The van der Waals surface area contributed by atoms with Crippen LogP contribution in [0.2, 0.25) is 0 Å². The molecule has 0 bridgehead atoms. The molecular weight excluding hydrogens is 466 g/mol. The Bertz CT molecular complexity index is 1600. The van der Waals surface area contributed by atoms with Crippen molar-refractivity contribution in [3.8, 4) is 17.3 Å². The molecule has 10 heteroatoms. The number of nitrogens with zero attached hydrogens (tertiary/aromatic N) is 6. The Hall–Kier alpha value is -3.97. The van der Waals surface area contributed by atoms with Crippen molar-refractivity contribution in [2.75, 3.05) is 6.61 Å². The highest BCUT2D eigenvalue weighted by molar-refractivity contribution is 5.74. The van der Waals surface area contributed by atoms with Crippen molar-refractivity contribution in [1.29, 1.82) is 5.26 Å². The summed E-state index contributed by atoms with van der Waals surface area (Å²) in [4.78, 5) is 21.8. The van der Waals surface area contributed by atoms with Crippen LogP contribution >= 0.6 is 0 Å². The van der Waals surface area contributed by atoms with Crippen LogP contribution in [-0.4, -0.2) is 30.8 Å². The van der Waals surface area contributed by atoms with Crippen LogP contribution in [0.5, 0.6) is 0 Å². The first kappa shape index (κ1) is 22.5. The number of halogens is 2. The Morgan fingerprint density at radius 3 is 2.75 bits per heavy atom. The van der Waals surface area contributed by atoms with Crippen LogP contribution in [0.25, 0.3) is 16.9 Å². The molecule has 6 rings (SSSR count). The van der Waals surface area contributed by atoms with Crippen LogP contribution in [0.1, 0.15) is 66.3 Å². The molecule has 1 aromatic carbocycles. The van der Waals surface area contributed by atoms with Gasteiger partial charge in [-0.2, -0.15) is 14.8 Å². The molecule has 2 aliphatic rings. The van der Waals surface area contributed by atoms with Crippen molar-refractivity contribution in [2.24, 2.45) is 0 Å². The van der Waals surface area contributed by atoms with E-state index in [-0.39, 0.29) is 40.2 Å². The summed E-state index contributed by atoms with van der Waals surface area (Å²) < 4.78 is 38.7. The largest absolute Gasteiger partial charge is 0.373 e. The Labute approximate surface area is 204 Å². The summed E-state index contributed by atoms with van der Waals surface area (Å²) in [5.74, 6) is -1.75. The second kappa shape index (κ2) is 8.60. The van der Waals surface area contributed by atoms with E-state index in [9.17, 15) is 9.18 Å². The van der Waals surface area contributed by atoms with Crippen molar-refractivity contribution in [1.82, 2.24) is 24.1 Å². The van der Waals surface area contributed by atoms with Gasteiger partial charge in [-0.25, -0.2) is 14.4 Å². The molecule has 0 N–H and O–H groups in total. The number of fused-ring (bicyclic) bond motifs is 1. The molecule has 4 aromatic rings. The van der Waals surface area contributed by atoms with Gasteiger partial charge >= 0.3 is 0 Å². The van der Waals surface area contributed by atoms with Gasteiger partial charge in [-0.1, -0.05) is 0 Å². The van der Waals surface area contributed by atoms with E-state index in [2.05, 4.69) is 10.1 Å². The molecular formula is C26H22F2N6O2. The summed E-state index contributed by atoms with van der Waals surface area (Å²) in [6.07, 6.45) is 8.62. The lowest BCUT2D eigenvalue weighted by atomic mass is 9.90. The van der Waals surface area contributed by atoms with Crippen molar-refractivity contribution in [3.63, 3.8) is 0 Å². The van der Waals surface area contributed by atoms with Gasteiger partial charge in [-0.15, -0.1) is 0 Å². The molecule has 36 heavy (non-hydrogen) atoms. The smallest absolute Gasteiger partial charge is 0.294 e. The predicted molar refractivity (Wildman–Crippen MR) is 125 cm³/mol. The van der Waals surface area contributed by atoms with E-state index < -0.39 is 17.2 Å². The first-order valence-electron chi connectivity index (χ1n) is 11.9. The second-order valence-electron chi connectivity index (χ2n) is 9.40. The number of aromatic nitrogens is 5. The van der Waals surface area contributed by atoms with Crippen molar-refractivity contribution >= 4 is 5.65 Å². The zero-order valence-electron chi connectivity index (χ0n) is 19.5. The number of benzene rings is 1. The molecule has 0 radical (unpaired) electrons. The van der Waals surface area contributed by atoms with Crippen LogP contribution in [0, 0.1) is 29.9 Å². The summed E-state index contributed by atoms with van der Waals surface area (Å²) in [5.41, 5.74) is 0.959. The fraction of sp³-hybridized carbons (Fsp3) is 0.346. The third kappa shape index (κ3) is 3.85. The average molecular weight is 488 g/mol. The van der Waals surface area contributed by atoms with Gasteiger partial charge in [0.25, 0.3) is 5.56 Å². The van der Waals surface area contributed by atoms with Gasteiger partial charge in [0, 0.05) is 36.0 Å². The molecule has 4 heterocycles. The number of ether oxygens (including phenoxy) is 1. The zero-order chi connectivity index (χ0) is 25.0. The second-order valence-corrected chi connectivity index (χ2v) is 9.40. The lowest BCUT2D eigenvalue weighted by molar-refractivity contribution is 0.00454. The van der Waals surface area contributed by atoms with Crippen LogP contribution in [0.3, 0.4) is 0 Å². The third-order valence-electron chi connectivity index (χ3n) is 6.91. The first-order valence-corrected chi connectivity index (χ1v) is 11.9. The third-order valence-corrected chi connectivity index (χ3v) is 6.91. The van der Waals surface area contributed by atoms with E-state index in [4.69, 9.17) is 15.0 Å². The van der Waals surface area contributed by atoms with Crippen molar-refractivity contribution < 1.29 is 13.5 Å². The molecule has 0 unspecified atom stereocenters. The topological polar surface area (TPSA) is 98.1 Å². The van der Waals surface area contributed by atoms with E-state index in [0.29, 0.717) is 31.2 Å². The highest BCUT2D eigenvalue weighted by Gasteiger charge is 2.30. The van der Waals surface area contributed by atoms with Crippen LogP contribution in [-0.2, 0) is 4.74 Å². The molecule has 182 valence electrons. The molecule has 1 saturated carbocycles. The Morgan fingerprint density at radius 1 is 1.17 bits per heavy atom. The highest BCUT2D eigenvalue weighted by atomic mass is 19.1. The van der Waals surface area contributed by atoms with E-state index in [0.717, 1.165) is 28.9 Å². The van der Waals surface area contributed by atoms with Gasteiger partial charge in [0.15, 0.2) is 5.65 Å². The predicted octanol–water partition coefficient (Wildman–Crippen LogP) is 4.38. The molecule has 2 atom stereocenters. The summed E-state index contributed by atoms with van der Waals surface area (Å²) >= 11 is 0. The summed E-state index contributed by atoms with van der Waals surface area (Å²) in [6.45, 7) is 1.86. The van der Waals surface area contributed by atoms with E-state index in [1.54, 1.807) is 0 Å². The van der Waals surface area contributed by atoms with E-state index in [1.807, 2.05) is 23.1 Å². The minimum Gasteiger partial charge on any atom is -0.373 e. The monoisotopic (exact) mass is 488 g/mol. The van der Waals surface area contributed by atoms with Crippen LogP contribution in [0.4, 0.5) is 8.78 Å². The normalized spacial score (nSPS) is 19.9. The molecule has 2 fully saturated rings. The first-order chi connectivity index (χ1) is 17.4. The van der Waals surface area contributed by atoms with Gasteiger partial charge in [0.2, 0.25) is 5.82 Å². The fourth-order valence-electron chi connectivity index (χ4n) is 4.76. The number of nitriles is 1. The van der Waals surface area contributed by atoms with Gasteiger partial charge in [-0.3, -0.25) is 13.9 Å². The minimum absolute atomic E-state index is 0.0561. The highest BCUT2D eigenvalue weighted by Crippen LogP contribution is 2.40. The Balaban J connectivity index is 1.45. The Morgan fingerprint density at radius 2 is 2.00 bits per heavy atom. The van der Waals surface area contributed by atoms with Crippen molar-refractivity contribution in [2.45, 2.75) is 50.7 Å². The minimum atomic E-state index is -0.965. The van der Waals surface area contributed by atoms with E-state index >= 15 is 4.39 Å². The summed E-state index contributed by atoms with van der Waals surface area (Å²) in [6, 6.07) is 6.38. The van der Waals surface area contributed by atoms with Crippen LogP contribution < -0.4 is 5.56 Å². The number of hydrogen-bond donors (Lipinski definition) is 0. The number of hydrogen-bond acceptors (Lipinski definition) is 6. The SMILES string of the molecule is Cc1nc2c(-c3ccc(C#N)cc3F)nc([C@H]3CCO[C@H](c4cnn(C5CC5)c4)C3)cn2c(=O)c1F. The number of rotatable bonds is 4. The molecule has 0 amide bonds. The lowest BCUT2D eigenvalue weighted by Gasteiger charge is -2.29. The van der Waals surface area contributed by atoms with Gasteiger partial charge < -0.3 is 4.74 Å². The van der Waals surface area contributed by atoms with E-state index in [1.165, 1.54) is 25.3 Å². The number of aryl methyl sites for hydroxylation is 1. The quantitative estimate of drug-likeness (QED) is 0.423. The average Bonchev–Trinajstić information content (AvgIpc) is 3.63. The lowest BCUT2D eigenvalue weighted by Crippen LogP contribution is -2.24. The molecule has 0 spiro atoms. The van der Waals surface area contributed by atoms with Gasteiger partial charge in [0.1, 0.15) is 11.5 Å². The van der Waals surface area contributed by atoms with Gasteiger partial charge in [0.05, 0.1) is 41.4 Å². The summed E-state index contributed by atoms with van der Waals surface area (Å²) in [7, 11) is 0. The fourth-order valence-corrected chi connectivity index (χ4v) is 4.76. The van der Waals surface area contributed by atoms with Crippen LogP contribution in [0.15, 0.2) is 41.6 Å². The summed E-state index contributed by atoms with van der Waals surface area (Å²) in [5, 5.41) is 13.6. The zero-order valence-corrected chi connectivity index (χ0v) is 19.5. The molecule has 1 aliphatic heterocycles. The molecule has 3 aromatic heterocycles. The Kier molecular flexibility index (Phi) is 5.38. The standard InChI is InChI=1S/C26H22F2N6O2/c1-14-23(28)26(35)33-13-21(32-24(25(33)31-14)19-5-2-15(10-29)8-20(19)27)16-6-7-36-22(9-16)17-11-30-34(12-17)18-3-4-18/h2,5,8,11-13,16,18,22H,3-4,6-7,9H2,1H3/t16-,22-/m0/s1. The molecule has 1 aliphatic carbocycles. The van der Waals surface area contributed by atoms with Crippen molar-refractivity contribution in [3.05, 3.63) is 81.3 Å². The maximum atomic E-state index is 15.1. The maximum absolute atomic E-state index is 15.1. The molecule has 8 nitrogen and oxygen atoms in total. The maximum Gasteiger partial charge on any atom is 0.294 e.